The molecule has 1 saturated carbocycles. The number of nitrogens with two attached hydrogens (primary N) is 1. The zero-order valence-corrected chi connectivity index (χ0v) is 11.3. The Morgan fingerprint density at radius 3 is 2.28 bits per heavy atom. The maximum atomic E-state index is 12.9. The van der Waals surface area contributed by atoms with Crippen LogP contribution in [0.2, 0.25) is 0 Å². The summed E-state index contributed by atoms with van der Waals surface area (Å²) in [6.07, 6.45) is 4.57. The smallest absolute Gasteiger partial charge is 0.123 e. The predicted octanol–water partition coefficient (Wildman–Crippen LogP) is 3.09. The van der Waals surface area contributed by atoms with Crippen molar-refractivity contribution in [2.24, 2.45) is 5.73 Å². The zero-order chi connectivity index (χ0) is 13.1. The highest BCUT2D eigenvalue weighted by atomic mass is 19.1. The fourth-order valence-electron chi connectivity index (χ4n) is 2.80. The number of nitrogens with zero attached hydrogens (tertiary/aromatic N) is 1. The molecule has 1 unspecified atom stereocenters. The fourth-order valence-corrected chi connectivity index (χ4v) is 2.80. The third kappa shape index (κ3) is 3.09. The van der Waals surface area contributed by atoms with E-state index >= 15 is 0 Å². The zero-order valence-electron chi connectivity index (χ0n) is 11.3. The lowest BCUT2D eigenvalue weighted by molar-refractivity contribution is 0.140. The average Bonchev–Trinajstić information content (AvgIpc) is 2.39. The molecule has 0 saturated heterocycles. The van der Waals surface area contributed by atoms with Crippen LogP contribution in [0.4, 0.5) is 4.39 Å². The minimum Gasteiger partial charge on any atom is -0.328 e. The number of rotatable bonds is 3. The van der Waals surface area contributed by atoms with E-state index in [9.17, 15) is 4.39 Å². The summed E-state index contributed by atoms with van der Waals surface area (Å²) in [6.45, 7) is 2.18. The molecule has 1 fully saturated rings. The predicted molar refractivity (Wildman–Crippen MR) is 72.8 cm³/mol. The van der Waals surface area contributed by atoms with E-state index in [0.717, 1.165) is 12.8 Å². The number of benzene rings is 1. The van der Waals surface area contributed by atoms with E-state index in [4.69, 9.17) is 5.73 Å². The van der Waals surface area contributed by atoms with Crippen molar-refractivity contribution in [2.45, 2.75) is 50.7 Å². The Balaban J connectivity index is 1.99. The van der Waals surface area contributed by atoms with Crippen LogP contribution in [-0.2, 0) is 0 Å². The lowest BCUT2D eigenvalue weighted by Crippen LogP contribution is -2.39. The first-order chi connectivity index (χ1) is 8.58. The van der Waals surface area contributed by atoms with Crippen LogP contribution < -0.4 is 5.73 Å². The SMILES string of the molecule is CC(c1ccc(F)cc1)N(C)C1CCC(N)CC1. The first-order valence-corrected chi connectivity index (χ1v) is 6.81. The van der Waals surface area contributed by atoms with Crippen molar-refractivity contribution in [1.29, 1.82) is 0 Å². The van der Waals surface area contributed by atoms with Crippen molar-refractivity contribution in [3.8, 4) is 0 Å². The van der Waals surface area contributed by atoms with E-state index in [1.165, 1.54) is 30.5 Å². The molecule has 1 aliphatic carbocycles. The molecule has 0 amide bonds. The van der Waals surface area contributed by atoms with Gasteiger partial charge in [-0.2, -0.15) is 0 Å². The molecular weight excluding hydrogens is 227 g/mol. The van der Waals surface area contributed by atoms with Crippen LogP contribution in [0, 0.1) is 5.82 Å². The van der Waals surface area contributed by atoms with Gasteiger partial charge in [0.15, 0.2) is 0 Å². The molecule has 1 atom stereocenters. The lowest BCUT2D eigenvalue weighted by atomic mass is 9.90. The van der Waals surface area contributed by atoms with Crippen molar-refractivity contribution in [3.05, 3.63) is 35.6 Å². The van der Waals surface area contributed by atoms with Crippen LogP contribution in [0.3, 0.4) is 0 Å². The minimum absolute atomic E-state index is 0.169. The molecule has 3 heteroatoms. The van der Waals surface area contributed by atoms with Crippen LogP contribution >= 0.6 is 0 Å². The largest absolute Gasteiger partial charge is 0.328 e. The van der Waals surface area contributed by atoms with Crippen LogP contribution in [-0.4, -0.2) is 24.0 Å². The number of halogens is 1. The number of hydrogen-bond donors (Lipinski definition) is 1. The summed E-state index contributed by atoms with van der Waals surface area (Å²) in [6, 6.07) is 8.15. The molecule has 1 aromatic rings. The summed E-state index contributed by atoms with van der Waals surface area (Å²) in [5, 5.41) is 0. The van der Waals surface area contributed by atoms with Crippen LogP contribution in [0.25, 0.3) is 0 Å². The molecule has 0 heterocycles. The van der Waals surface area contributed by atoms with Crippen molar-refractivity contribution in [3.63, 3.8) is 0 Å². The van der Waals surface area contributed by atoms with Crippen molar-refractivity contribution < 1.29 is 4.39 Å². The molecule has 2 nitrogen and oxygen atoms in total. The fraction of sp³-hybridized carbons (Fsp3) is 0.600. The second-order valence-corrected chi connectivity index (χ2v) is 5.46. The monoisotopic (exact) mass is 250 g/mol. The molecular formula is C15H23FN2. The van der Waals surface area contributed by atoms with E-state index in [1.807, 2.05) is 12.1 Å². The molecule has 100 valence electrons. The van der Waals surface area contributed by atoms with E-state index in [-0.39, 0.29) is 5.82 Å². The Hall–Kier alpha value is -0.930. The first kappa shape index (κ1) is 13.5. The van der Waals surface area contributed by atoms with Crippen LogP contribution in [0.1, 0.15) is 44.2 Å². The Labute approximate surface area is 109 Å². The van der Waals surface area contributed by atoms with E-state index in [2.05, 4.69) is 18.9 Å². The average molecular weight is 250 g/mol. The standard InChI is InChI=1S/C15H23FN2/c1-11(12-3-5-13(16)6-4-12)18(2)15-9-7-14(17)8-10-15/h3-6,11,14-15H,7-10,17H2,1-2H3. The molecule has 0 aromatic heterocycles. The third-order valence-corrected chi connectivity index (χ3v) is 4.28. The van der Waals surface area contributed by atoms with Gasteiger partial charge in [-0.05, 0) is 57.4 Å². The highest BCUT2D eigenvalue weighted by Gasteiger charge is 2.25. The van der Waals surface area contributed by atoms with Crippen molar-refractivity contribution in [2.75, 3.05) is 7.05 Å². The van der Waals surface area contributed by atoms with Gasteiger partial charge in [0, 0.05) is 18.1 Å². The van der Waals surface area contributed by atoms with Gasteiger partial charge in [0.2, 0.25) is 0 Å². The Kier molecular flexibility index (Phi) is 4.36. The Morgan fingerprint density at radius 1 is 1.17 bits per heavy atom. The second-order valence-electron chi connectivity index (χ2n) is 5.46. The molecule has 2 N–H and O–H groups in total. The third-order valence-electron chi connectivity index (χ3n) is 4.28. The highest BCUT2D eigenvalue weighted by Crippen LogP contribution is 2.28. The normalized spacial score (nSPS) is 26.3. The minimum atomic E-state index is -0.169. The van der Waals surface area contributed by atoms with Gasteiger partial charge in [-0.25, -0.2) is 4.39 Å². The summed E-state index contributed by atoms with van der Waals surface area (Å²) in [5.74, 6) is -0.169. The van der Waals surface area contributed by atoms with Crippen molar-refractivity contribution >= 4 is 0 Å². The van der Waals surface area contributed by atoms with Gasteiger partial charge in [-0.15, -0.1) is 0 Å². The molecule has 0 aliphatic heterocycles. The van der Waals surface area contributed by atoms with Gasteiger partial charge in [0.1, 0.15) is 5.82 Å². The molecule has 1 aromatic carbocycles. The maximum absolute atomic E-state index is 12.9. The summed E-state index contributed by atoms with van der Waals surface area (Å²) in [4.78, 5) is 2.40. The van der Waals surface area contributed by atoms with Gasteiger partial charge in [-0.3, -0.25) is 4.90 Å². The number of hydrogen-bond acceptors (Lipinski definition) is 2. The summed E-state index contributed by atoms with van der Waals surface area (Å²) in [5.41, 5.74) is 7.12. The highest BCUT2D eigenvalue weighted by molar-refractivity contribution is 5.19. The molecule has 0 radical (unpaired) electrons. The van der Waals surface area contributed by atoms with Crippen LogP contribution in [0.5, 0.6) is 0 Å². The molecule has 18 heavy (non-hydrogen) atoms. The summed E-state index contributed by atoms with van der Waals surface area (Å²) < 4.78 is 12.9. The van der Waals surface area contributed by atoms with Gasteiger partial charge in [0.05, 0.1) is 0 Å². The van der Waals surface area contributed by atoms with E-state index in [1.54, 1.807) is 0 Å². The van der Waals surface area contributed by atoms with Crippen molar-refractivity contribution in [1.82, 2.24) is 4.90 Å². The Bertz CT molecular complexity index is 369. The topological polar surface area (TPSA) is 29.3 Å². The molecule has 2 rings (SSSR count). The first-order valence-electron chi connectivity index (χ1n) is 6.81. The van der Waals surface area contributed by atoms with Gasteiger partial charge >= 0.3 is 0 Å². The van der Waals surface area contributed by atoms with Gasteiger partial charge < -0.3 is 5.73 Å². The maximum Gasteiger partial charge on any atom is 0.123 e. The van der Waals surface area contributed by atoms with Gasteiger partial charge in [-0.1, -0.05) is 12.1 Å². The van der Waals surface area contributed by atoms with Gasteiger partial charge in [0.25, 0.3) is 0 Å². The molecule has 0 spiro atoms. The molecule has 1 aliphatic rings. The van der Waals surface area contributed by atoms with E-state index < -0.39 is 0 Å². The second kappa shape index (κ2) is 5.81. The summed E-state index contributed by atoms with van der Waals surface area (Å²) >= 11 is 0. The lowest BCUT2D eigenvalue weighted by Gasteiger charge is -2.37. The molecule has 0 bridgehead atoms. The Morgan fingerprint density at radius 2 is 1.72 bits per heavy atom. The van der Waals surface area contributed by atoms with E-state index in [0.29, 0.717) is 18.1 Å². The summed E-state index contributed by atoms with van der Waals surface area (Å²) in [7, 11) is 2.16. The van der Waals surface area contributed by atoms with Crippen LogP contribution in [0.15, 0.2) is 24.3 Å². The quantitative estimate of drug-likeness (QED) is 0.893.